The molecule has 0 saturated carbocycles. The molecule has 1 heterocycles. The van der Waals surface area contributed by atoms with Crippen molar-refractivity contribution in [1.82, 2.24) is 9.36 Å². The first-order chi connectivity index (χ1) is 20.2. The largest absolute Gasteiger partial charge is 0.449 e. The smallest absolute Gasteiger partial charge is 0.340 e. The van der Waals surface area contributed by atoms with Gasteiger partial charge in [-0.1, -0.05) is 35.9 Å². The average Bonchev–Trinajstić information content (AvgIpc) is 3.20. The molecule has 3 aromatic carbocycles. The van der Waals surface area contributed by atoms with Crippen molar-refractivity contribution in [3.63, 3.8) is 0 Å². The van der Waals surface area contributed by atoms with E-state index >= 15 is 0 Å². The van der Waals surface area contributed by atoms with Crippen LogP contribution in [-0.4, -0.2) is 47.7 Å². The van der Waals surface area contributed by atoms with Gasteiger partial charge in [0, 0.05) is 31.9 Å². The van der Waals surface area contributed by atoms with Gasteiger partial charge in [0.2, 0.25) is 0 Å². The van der Waals surface area contributed by atoms with Crippen molar-refractivity contribution < 1.29 is 27.7 Å². The zero-order chi connectivity index (χ0) is 31.6. The van der Waals surface area contributed by atoms with Gasteiger partial charge in [-0.15, -0.1) is 0 Å². The fraction of sp³-hybridized carbons (Fsp3) is 0.179. The van der Waals surface area contributed by atoms with Gasteiger partial charge in [0.15, 0.2) is 6.10 Å². The van der Waals surface area contributed by atoms with E-state index in [0.29, 0.717) is 11.4 Å². The standard InChI is InChI=1S/C28H26ClN5O8S/c1-17-25(27(36)33(31(17)3)20-10-6-5-7-11-20)32(4)43(40,41)22-13-14-24(29)23(16-22)28(37)42-18(2)26(35)30-19-9-8-12-21(15-19)34(38)39/h5-16,18H,1-4H3,(H,30,35). The number of ether oxygens (including phenoxy) is 1. The number of non-ortho nitro benzene ring substituents is 1. The van der Waals surface area contributed by atoms with Crippen molar-refractivity contribution in [3.8, 4) is 5.69 Å². The molecule has 1 N–H and O–H groups in total. The summed E-state index contributed by atoms with van der Waals surface area (Å²) >= 11 is 6.19. The molecule has 1 amide bonds. The minimum Gasteiger partial charge on any atom is -0.449 e. The van der Waals surface area contributed by atoms with Gasteiger partial charge in [-0.3, -0.25) is 28.7 Å². The topological polar surface area (TPSA) is 163 Å². The van der Waals surface area contributed by atoms with Crippen molar-refractivity contribution in [2.45, 2.75) is 24.8 Å². The van der Waals surface area contributed by atoms with Crippen molar-refractivity contribution >= 4 is 50.6 Å². The highest BCUT2D eigenvalue weighted by Gasteiger charge is 2.30. The number of benzene rings is 3. The number of nitro benzene ring substituents is 1. The molecule has 4 aromatic rings. The van der Waals surface area contributed by atoms with Crippen molar-refractivity contribution in [2.24, 2.45) is 7.05 Å². The third-order valence-corrected chi connectivity index (χ3v) is 8.72. The van der Waals surface area contributed by atoms with Gasteiger partial charge in [0.25, 0.3) is 27.2 Å². The fourth-order valence-electron chi connectivity index (χ4n) is 4.24. The van der Waals surface area contributed by atoms with Crippen LogP contribution in [0.2, 0.25) is 5.02 Å². The van der Waals surface area contributed by atoms with Crippen LogP contribution in [-0.2, 0) is 26.6 Å². The SMILES string of the molecule is Cc1c(N(C)S(=O)(=O)c2ccc(Cl)c(C(=O)OC(C)C(=O)Nc3cccc([N+](=O)[O-])c3)c2)c(=O)n(-c2ccccc2)n1C. The molecule has 224 valence electrons. The van der Waals surface area contributed by atoms with Gasteiger partial charge in [-0.2, -0.15) is 0 Å². The Bertz CT molecular complexity index is 1900. The molecule has 1 atom stereocenters. The van der Waals surface area contributed by atoms with Crippen LogP contribution >= 0.6 is 11.6 Å². The van der Waals surface area contributed by atoms with E-state index in [-0.39, 0.29) is 32.5 Å². The highest BCUT2D eigenvalue weighted by molar-refractivity contribution is 7.92. The van der Waals surface area contributed by atoms with Crippen LogP contribution in [0.1, 0.15) is 23.0 Å². The Morgan fingerprint density at radius 1 is 1.07 bits per heavy atom. The monoisotopic (exact) mass is 627 g/mol. The number of nitrogens with zero attached hydrogens (tertiary/aromatic N) is 4. The Balaban J connectivity index is 1.58. The third kappa shape index (κ3) is 6.15. The zero-order valence-corrected chi connectivity index (χ0v) is 24.9. The molecule has 0 aliphatic rings. The number of rotatable bonds is 9. The molecule has 13 nitrogen and oxygen atoms in total. The Labute approximate surface area is 251 Å². The third-order valence-electron chi connectivity index (χ3n) is 6.63. The van der Waals surface area contributed by atoms with E-state index < -0.39 is 38.5 Å². The number of amides is 1. The number of hydrogen-bond donors (Lipinski definition) is 1. The molecule has 0 aliphatic carbocycles. The maximum Gasteiger partial charge on any atom is 0.340 e. The number of para-hydroxylation sites is 1. The van der Waals surface area contributed by atoms with E-state index in [1.54, 1.807) is 44.3 Å². The summed E-state index contributed by atoms with van der Waals surface area (Å²) in [5.41, 5.74) is -0.239. The lowest BCUT2D eigenvalue weighted by Crippen LogP contribution is -2.32. The lowest BCUT2D eigenvalue weighted by molar-refractivity contribution is -0.384. The molecule has 43 heavy (non-hydrogen) atoms. The molecule has 1 aromatic heterocycles. The molecule has 15 heteroatoms. The quantitative estimate of drug-likeness (QED) is 0.165. The number of carbonyl (C=O) groups is 2. The summed E-state index contributed by atoms with van der Waals surface area (Å²) in [5.74, 6) is -1.88. The average molecular weight is 628 g/mol. The van der Waals surface area contributed by atoms with E-state index in [2.05, 4.69) is 5.32 Å². The zero-order valence-electron chi connectivity index (χ0n) is 23.3. The van der Waals surface area contributed by atoms with E-state index in [4.69, 9.17) is 16.3 Å². The maximum absolute atomic E-state index is 13.7. The van der Waals surface area contributed by atoms with Crippen molar-refractivity contribution in [1.29, 1.82) is 0 Å². The lowest BCUT2D eigenvalue weighted by Gasteiger charge is -2.19. The number of sulfonamides is 1. The van der Waals surface area contributed by atoms with Crippen LogP contribution < -0.4 is 15.2 Å². The second kappa shape index (κ2) is 12.1. The Hall–Kier alpha value is -4.95. The molecule has 4 rings (SSSR count). The van der Waals surface area contributed by atoms with Gasteiger partial charge in [-0.25, -0.2) is 17.9 Å². The summed E-state index contributed by atoms with van der Waals surface area (Å²) < 4.78 is 36.2. The fourth-order valence-corrected chi connectivity index (χ4v) is 5.70. The van der Waals surface area contributed by atoms with E-state index in [9.17, 15) is 32.9 Å². The summed E-state index contributed by atoms with van der Waals surface area (Å²) in [6, 6.07) is 17.2. The van der Waals surface area contributed by atoms with Gasteiger partial charge in [-0.05, 0) is 50.2 Å². The van der Waals surface area contributed by atoms with Crippen LogP contribution in [0.3, 0.4) is 0 Å². The molecular formula is C28H26ClN5O8S. The molecule has 0 saturated heterocycles. The number of hydrogen-bond acceptors (Lipinski definition) is 8. The second-order valence-electron chi connectivity index (χ2n) is 9.37. The van der Waals surface area contributed by atoms with Crippen LogP contribution in [0.4, 0.5) is 17.1 Å². The lowest BCUT2D eigenvalue weighted by atomic mass is 10.2. The van der Waals surface area contributed by atoms with Gasteiger partial charge < -0.3 is 10.1 Å². The molecule has 0 fully saturated rings. The molecule has 0 bridgehead atoms. The number of carbonyl (C=O) groups excluding carboxylic acids is 2. The van der Waals surface area contributed by atoms with Gasteiger partial charge in [0.1, 0.15) is 5.69 Å². The minimum absolute atomic E-state index is 0.100. The first-order valence-corrected chi connectivity index (χ1v) is 14.4. The number of esters is 1. The minimum atomic E-state index is -4.39. The number of nitrogens with one attached hydrogen (secondary N) is 1. The predicted molar refractivity (Wildman–Crippen MR) is 159 cm³/mol. The molecular weight excluding hydrogens is 602 g/mol. The Kier molecular flexibility index (Phi) is 8.73. The van der Waals surface area contributed by atoms with Gasteiger partial charge >= 0.3 is 5.97 Å². The summed E-state index contributed by atoms with van der Waals surface area (Å²) in [7, 11) is -1.54. The van der Waals surface area contributed by atoms with Crippen LogP contribution in [0.15, 0.2) is 82.5 Å². The summed E-state index contributed by atoms with van der Waals surface area (Å²) in [5, 5.41) is 13.3. The van der Waals surface area contributed by atoms with Crippen LogP contribution in [0, 0.1) is 17.0 Å². The molecule has 0 aliphatic heterocycles. The first-order valence-electron chi connectivity index (χ1n) is 12.6. The van der Waals surface area contributed by atoms with Crippen molar-refractivity contribution in [3.05, 3.63) is 110 Å². The summed E-state index contributed by atoms with van der Waals surface area (Å²) in [6.07, 6.45) is -1.38. The number of anilines is 2. The maximum atomic E-state index is 13.7. The van der Waals surface area contributed by atoms with Crippen LogP contribution in [0.25, 0.3) is 5.69 Å². The number of halogens is 1. The number of aromatic nitrogens is 2. The highest BCUT2D eigenvalue weighted by Crippen LogP contribution is 2.27. The van der Waals surface area contributed by atoms with Gasteiger partial charge in [0.05, 0.1) is 31.8 Å². The number of nitro groups is 1. The Morgan fingerprint density at radius 3 is 2.40 bits per heavy atom. The predicted octanol–water partition coefficient (Wildman–Crippen LogP) is 4.06. The van der Waals surface area contributed by atoms with Crippen LogP contribution in [0.5, 0.6) is 0 Å². The van der Waals surface area contributed by atoms with E-state index in [0.717, 1.165) is 16.4 Å². The van der Waals surface area contributed by atoms with Crippen molar-refractivity contribution in [2.75, 3.05) is 16.7 Å². The molecule has 1 unspecified atom stereocenters. The highest BCUT2D eigenvalue weighted by atomic mass is 35.5. The normalized spacial score (nSPS) is 11.9. The first kappa shape index (κ1) is 31.0. The summed E-state index contributed by atoms with van der Waals surface area (Å²) in [4.78, 5) is 49.0. The van der Waals surface area contributed by atoms with E-state index in [1.165, 1.54) is 53.7 Å². The molecule has 0 radical (unpaired) electrons. The summed E-state index contributed by atoms with van der Waals surface area (Å²) in [6.45, 7) is 2.87. The Morgan fingerprint density at radius 2 is 1.74 bits per heavy atom. The van der Waals surface area contributed by atoms with E-state index in [1.807, 2.05) is 0 Å². The molecule has 0 spiro atoms. The second-order valence-corrected chi connectivity index (χ2v) is 11.7.